The molecule has 0 bridgehead atoms. The van der Waals surface area contributed by atoms with Gasteiger partial charge in [0.1, 0.15) is 11.4 Å². The number of amides is 1. The van der Waals surface area contributed by atoms with Crippen molar-refractivity contribution in [2.24, 2.45) is 0 Å². The van der Waals surface area contributed by atoms with Gasteiger partial charge in [-0.25, -0.2) is 8.42 Å². The molecular weight excluding hydrogens is 304 g/mol. The lowest BCUT2D eigenvalue weighted by Crippen LogP contribution is -2.36. The molecule has 1 unspecified atom stereocenters. The maximum Gasteiger partial charge on any atom is 0.268 e. The number of methoxy groups -OCH3 is 1. The number of carbonyl (C=O) groups is 1. The van der Waals surface area contributed by atoms with Gasteiger partial charge in [0.05, 0.1) is 18.6 Å². The molecule has 7 heteroatoms. The van der Waals surface area contributed by atoms with Gasteiger partial charge in [0, 0.05) is 23.0 Å². The highest BCUT2D eigenvalue weighted by molar-refractivity contribution is 7.91. The number of sulfone groups is 1. The quantitative estimate of drug-likeness (QED) is 0.894. The van der Waals surface area contributed by atoms with Crippen LogP contribution in [0, 0.1) is 6.92 Å². The van der Waals surface area contributed by atoms with E-state index in [1.807, 2.05) is 25.1 Å². The molecule has 1 saturated heterocycles. The van der Waals surface area contributed by atoms with Crippen LogP contribution in [0.2, 0.25) is 0 Å². The van der Waals surface area contributed by atoms with E-state index in [1.54, 1.807) is 7.11 Å². The van der Waals surface area contributed by atoms with Crippen molar-refractivity contribution < 1.29 is 17.9 Å². The topological polar surface area (TPSA) is 88.3 Å². The Hall–Kier alpha value is -2.02. The summed E-state index contributed by atoms with van der Waals surface area (Å²) in [6.07, 6.45) is 0.473. The van der Waals surface area contributed by atoms with E-state index in [1.165, 1.54) is 0 Å². The number of aryl methyl sites for hydroxylation is 1. The summed E-state index contributed by atoms with van der Waals surface area (Å²) >= 11 is 0. The molecule has 1 aliphatic heterocycles. The van der Waals surface area contributed by atoms with Crippen molar-refractivity contribution >= 4 is 26.6 Å². The standard InChI is InChI=1S/C15H18N2O4S/c1-9-12-4-3-11(21-2)7-13(12)17-14(9)15(18)16-10-5-6-22(19,20)8-10/h3-4,7,10,17H,5-6,8H2,1-2H3,(H,16,18). The smallest absolute Gasteiger partial charge is 0.268 e. The molecule has 6 nitrogen and oxygen atoms in total. The molecule has 0 spiro atoms. The fourth-order valence-electron chi connectivity index (χ4n) is 2.84. The third kappa shape index (κ3) is 2.68. The lowest BCUT2D eigenvalue weighted by Gasteiger charge is -2.10. The highest BCUT2D eigenvalue weighted by atomic mass is 32.2. The SMILES string of the molecule is COc1ccc2c(C)c(C(=O)NC3CCS(=O)(=O)C3)[nH]c2c1. The van der Waals surface area contributed by atoms with Gasteiger partial charge in [0.25, 0.3) is 5.91 Å². The predicted octanol–water partition coefficient (Wildman–Crippen LogP) is 1.40. The van der Waals surface area contributed by atoms with E-state index < -0.39 is 9.84 Å². The molecule has 3 rings (SSSR count). The Kier molecular flexibility index (Phi) is 3.60. The summed E-state index contributed by atoms with van der Waals surface area (Å²) < 4.78 is 28.1. The zero-order valence-electron chi connectivity index (χ0n) is 12.5. The van der Waals surface area contributed by atoms with Crippen LogP contribution in [0.3, 0.4) is 0 Å². The first-order valence-electron chi connectivity index (χ1n) is 7.07. The number of hydrogen-bond donors (Lipinski definition) is 2. The number of nitrogens with one attached hydrogen (secondary N) is 2. The molecule has 2 N–H and O–H groups in total. The summed E-state index contributed by atoms with van der Waals surface area (Å²) in [7, 11) is -1.42. The predicted molar refractivity (Wildman–Crippen MR) is 84.1 cm³/mol. The molecule has 1 fully saturated rings. The second kappa shape index (κ2) is 5.31. The lowest BCUT2D eigenvalue weighted by atomic mass is 10.1. The molecule has 1 aliphatic rings. The van der Waals surface area contributed by atoms with Crippen molar-refractivity contribution in [3.05, 3.63) is 29.5 Å². The third-order valence-electron chi connectivity index (χ3n) is 4.06. The lowest BCUT2D eigenvalue weighted by molar-refractivity contribution is 0.0936. The fraction of sp³-hybridized carbons (Fsp3) is 0.400. The van der Waals surface area contributed by atoms with Crippen LogP contribution < -0.4 is 10.1 Å². The van der Waals surface area contributed by atoms with E-state index in [-0.39, 0.29) is 23.5 Å². The van der Waals surface area contributed by atoms with Gasteiger partial charge in [0.2, 0.25) is 0 Å². The largest absolute Gasteiger partial charge is 0.497 e. The van der Waals surface area contributed by atoms with Gasteiger partial charge in [-0.15, -0.1) is 0 Å². The van der Waals surface area contributed by atoms with E-state index in [9.17, 15) is 13.2 Å². The minimum absolute atomic E-state index is 0.0197. The first-order chi connectivity index (χ1) is 10.4. The minimum atomic E-state index is -3.01. The van der Waals surface area contributed by atoms with E-state index >= 15 is 0 Å². The van der Waals surface area contributed by atoms with Crippen LogP contribution >= 0.6 is 0 Å². The van der Waals surface area contributed by atoms with E-state index in [0.717, 1.165) is 16.5 Å². The van der Waals surface area contributed by atoms with Crippen LogP contribution in [0.25, 0.3) is 10.9 Å². The molecular formula is C15H18N2O4S. The number of H-pyrrole nitrogens is 1. The van der Waals surface area contributed by atoms with Gasteiger partial charge in [0.15, 0.2) is 9.84 Å². The van der Waals surface area contributed by atoms with E-state index in [4.69, 9.17) is 4.74 Å². The second-order valence-electron chi connectivity index (χ2n) is 5.61. The average molecular weight is 322 g/mol. The van der Waals surface area contributed by atoms with Crippen molar-refractivity contribution in [1.29, 1.82) is 0 Å². The molecule has 0 radical (unpaired) electrons. The van der Waals surface area contributed by atoms with Crippen LogP contribution in [-0.2, 0) is 9.84 Å². The Balaban J connectivity index is 1.86. The molecule has 118 valence electrons. The number of ether oxygens (including phenoxy) is 1. The number of aromatic amines is 1. The first kappa shape index (κ1) is 14.9. The van der Waals surface area contributed by atoms with Crippen molar-refractivity contribution in [2.45, 2.75) is 19.4 Å². The van der Waals surface area contributed by atoms with Crippen LogP contribution in [0.4, 0.5) is 0 Å². The molecule has 0 saturated carbocycles. The average Bonchev–Trinajstić information content (AvgIpc) is 2.98. The number of aromatic nitrogens is 1. The molecule has 1 aromatic heterocycles. The van der Waals surface area contributed by atoms with Gasteiger partial charge in [-0.3, -0.25) is 4.79 Å². The van der Waals surface area contributed by atoms with Gasteiger partial charge < -0.3 is 15.0 Å². The van der Waals surface area contributed by atoms with Gasteiger partial charge in [-0.2, -0.15) is 0 Å². The van der Waals surface area contributed by atoms with Crippen LogP contribution in [0.5, 0.6) is 5.75 Å². The Morgan fingerprint density at radius 3 is 2.82 bits per heavy atom. The highest BCUT2D eigenvalue weighted by Crippen LogP contribution is 2.26. The number of carbonyl (C=O) groups excluding carboxylic acids is 1. The number of fused-ring (bicyclic) bond motifs is 1. The normalized spacial score (nSPS) is 20.2. The highest BCUT2D eigenvalue weighted by Gasteiger charge is 2.29. The zero-order valence-corrected chi connectivity index (χ0v) is 13.3. The van der Waals surface area contributed by atoms with Gasteiger partial charge in [-0.05, 0) is 31.0 Å². The first-order valence-corrected chi connectivity index (χ1v) is 8.89. The summed E-state index contributed by atoms with van der Waals surface area (Å²) in [6.45, 7) is 1.87. The van der Waals surface area contributed by atoms with Crippen molar-refractivity contribution in [1.82, 2.24) is 10.3 Å². The van der Waals surface area contributed by atoms with Crippen LogP contribution in [-0.4, -0.2) is 44.0 Å². The van der Waals surface area contributed by atoms with E-state index in [2.05, 4.69) is 10.3 Å². The van der Waals surface area contributed by atoms with Gasteiger partial charge >= 0.3 is 0 Å². The van der Waals surface area contributed by atoms with E-state index in [0.29, 0.717) is 17.9 Å². The Morgan fingerprint density at radius 1 is 1.41 bits per heavy atom. The summed E-state index contributed by atoms with van der Waals surface area (Å²) in [4.78, 5) is 15.5. The molecule has 0 aliphatic carbocycles. The molecule has 1 aromatic carbocycles. The summed E-state index contributed by atoms with van der Waals surface area (Å²) in [5, 5.41) is 3.75. The fourth-order valence-corrected chi connectivity index (χ4v) is 4.51. The molecule has 1 amide bonds. The second-order valence-corrected chi connectivity index (χ2v) is 7.84. The number of rotatable bonds is 3. The summed E-state index contributed by atoms with van der Waals surface area (Å²) in [5.74, 6) is 0.601. The minimum Gasteiger partial charge on any atom is -0.497 e. The molecule has 2 aromatic rings. The third-order valence-corrected chi connectivity index (χ3v) is 5.83. The maximum absolute atomic E-state index is 12.4. The van der Waals surface area contributed by atoms with Crippen molar-refractivity contribution in [2.75, 3.05) is 18.6 Å². The number of hydrogen-bond acceptors (Lipinski definition) is 4. The number of benzene rings is 1. The van der Waals surface area contributed by atoms with Gasteiger partial charge in [-0.1, -0.05) is 0 Å². The monoisotopic (exact) mass is 322 g/mol. The Bertz CT molecular complexity index is 839. The molecule has 1 atom stereocenters. The Morgan fingerprint density at radius 2 is 2.18 bits per heavy atom. The van der Waals surface area contributed by atoms with Crippen molar-refractivity contribution in [3.8, 4) is 5.75 Å². The van der Waals surface area contributed by atoms with Crippen LogP contribution in [0.15, 0.2) is 18.2 Å². The summed E-state index contributed by atoms with van der Waals surface area (Å²) in [5.41, 5.74) is 2.13. The van der Waals surface area contributed by atoms with Crippen LogP contribution in [0.1, 0.15) is 22.5 Å². The van der Waals surface area contributed by atoms with Crippen molar-refractivity contribution in [3.63, 3.8) is 0 Å². The molecule has 22 heavy (non-hydrogen) atoms. The maximum atomic E-state index is 12.4. The zero-order chi connectivity index (χ0) is 15.9. The Labute approximate surface area is 128 Å². The summed E-state index contributed by atoms with van der Waals surface area (Å²) in [6, 6.07) is 5.27. The molecule has 2 heterocycles.